The van der Waals surface area contributed by atoms with Gasteiger partial charge < -0.3 is 4.74 Å². The monoisotopic (exact) mass is 275 g/mol. The van der Waals surface area contributed by atoms with Gasteiger partial charge in [0.05, 0.1) is 12.5 Å². The van der Waals surface area contributed by atoms with Crippen LogP contribution in [0.1, 0.15) is 26.3 Å². The highest BCUT2D eigenvalue weighted by atomic mass is 16.5. The number of carbonyl (C=O) groups is 1. The van der Waals surface area contributed by atoms with E-state index in [2.05, 4.69) is 43.0 Å². The highest BCUT2D eigenvalue weighted by Gasteiger charge is 2.39. The Bertz CT molecular complexity index is 430. The molecule has 0 bridgehead atoms. The summed E-state index contributed by atoms with van der Waals surface area (Å²) in [6, 6.07) is 10.4. The van der Waals surface area contributed by atoms with Crippen LogP contribution in [-0.4, -0.2) is 30.6 Å². The van der Waals surface area contributed by atoms with E-state index in [1.54, 1.807) is 0 Å². The number of benzene rings is 1. The van der Waals surface area contributed by atoms with Crippen molar-refractivity contribution in [2.75, 3.05) is 19.7 Å². The van der Waals surface area contributed by atoms with Gasteiger partial charge in [-0.05, 0) is 24.3 Å². The third-order valence-electron chi connectivity index (χ3n) is 4.14. The largest absolute Gasteiger partial charge is 0.466 e. The topological polar surface area (TPSA) is 29.5 Å². The van der Waals surface area contributed by atoms with Crippen molar-refractivity contribution >= 4 is 5.97 Å². The Morgan fingerprint density at radius 2 is 2.00 bits per heavy atom. The van der Waals surface area contributed by atoms with Gasteiger partial charge in [-0.2, -0.15) is 0 Å². The number of carbonyl (C=O) groups excluding carboxylic acids is 1. The van der Waals surface area contributed by atoms with E-state index in [0.29, 0.717) is 18.4 Å². The molecule has 1 aromatic carbocycles. The van der Waals surface area contributed by atoms with Crippen molar-refractivity contribution in [3.8, 4) is 0 Å². The molecular formula is C17H25NO2. The van der Waals surface area contributed by atoms with Crippen molar-refractivity contribution in [1.29, 1.82) is 0 Å². The summed E-state index contributed by atoms with van der Waals surface area (Å²) in [5, 5.41) is 0. The van der Waals surface area contributed by atoms with Gasteiger partial charge in [0, 0.05) is 19.6 Å². The summed E-state index contributed by atoms with van der Waals surface area (Å²) in [7, 11) is 0. The van der Waals surface area contributed by atoms with Crippen LogP contribution >= 0.6 is 0 Å². The Morgan fingerprint density at radius 3 is 2.60 bits per heavy atom. The van der Waals surface area contributed by atoms with Crippen molar-refractivity contribution in [1.82, 2.24) is 4.90 Å². The fraction of sp³-hybridized carbons (Fsp3) is 0.588. The molecule has 3 nitrogen and oxygen atoms in total. The van der Waals surface area contributed by atoms with Crippen LogP contribution in [0, 0.1) is 17.8 Å². The molecule has 2 rings (SSSR count). The van der Waals surface area contributed by atoms with Gasteiger partial charge in [-0.15, -0.1) is 0 Å². The minimum Gasteiger partial charge on any atom is -0.466 e. The molecule has 0 saturated carbocycles. The van der Waals surface area contributed by atoms with Crippen molar-refractivity contribution in [3.05, 3.63) is 35.9 Å². The molecule has 0 aliphatic carbocycles. The van der Waals surface area contributed by atoms with E-state index < -0.39 is 0 Å². The van der Waals surface area contributed by atoms with Gasteiger partial charge in [0.1, 0.15) is 0 Å². The maximum Gasteiger partial charge on any atom is 0.310 e. The van der Waals surface area contributed by atoms with E-state index >= 15 is 0 Å². The molecule has 0 N–H and O–H groups in total. The van der Waals surface area contributed by atoms with Gasteiger partial charge in [0.25, 0.3) is 0 Å². The molecule has 1 fully saturated rings. The fourth-order valence-electron chi connectivity index (χ4n) is 3.06. The zero-order valence-electron chi connectivity index (χ0n) is 12.7. The lowest BCUT2D eigenvalue weighted by Gasteiger charge is -2.20. The van der Waals surface area contributed by atoms with Crippen molar-refractivity contribution in [2.45, 2.75) is 27.3 Å². The van der Waals surface area contributed by atoms with E-state index in [-0.39, 0.29) is 11.9 Å². The van der Waals surface area contributed by atoms with E-state index in [1.165, 1.54) is 5.56 Å². The van der Waals surface area contributed by atoms with Gasteiger partial charge in [-0.1, -0.05) is 44.2 Å². The van der Waals surface area contributed by atoms with Crippen LogP contribution in [0.5, 0.6) is 0 Å². The summed E-state index contributed by atoms with van der Waals surface area (Å²) in [6.07, 6.45) is 0. The first-order valence-corrected chi connectivity index (χ1v) is 7.54. The molecule has 1 aliphatic rings. The Balaban J connectivity index is 2.02. The molecule has 1 saturated heterocycles. The molecule has 1 aromatic rings. The summed E-state index contributed by atoms with van der Waals surface area (Å²) < 4.78 is 5.24. The molecule has 20 heavy (non-hydrogen) atoms. The van der Waals surface area contributed by atoms with E-state index in [9.17, 15) is 4.79 Å². The van der Waals surface area contributed by atoms with Gasteiger partial charge >= 0.3 is 5.97 Å². The lowest BCUT2D eigenvalue weighted by Crippen LogP contribution is -2.28. The highest BCUT2D eigenvalue weighted by molar-refractivity contribution is 5.73. The molecule has 2 atom stereocenters. The van der Waals surface area contributed by atoms with Gasteiger partial charge in [0.2, 0.25) is 0 Å². The molecule has 0 amide bonds. The second-order valence-electron chi connectivity index (χ2n) is 5.95. The van der Waals surface area contributed by atoms with Crippen LogP contribution < -0.4 is 0 Å². The number of likely N-dealkylation sites (tertiary alicyclic amines) is 1. The van der Waals surface area contributed by atoms with Crippen molar-refractivity contribution in [2.24, 2.45) is 17.8 Å². The molecule has 1 unspecified atom stereocenters. The molecular weight excluding hydrogens is 250 g/mol. The van der Waals surface area contributed by atoms with Crippen LogP contribution in [0.3, 0.4) is 0 Å². The number of nitrogens with zero attached hydrogens (tertiary/aromatic N) is 1. The van der Waals surface area contributed by atoms with Gasteiger partial charge in [0.15, 0.2) is 0 Å². The maximum absolute atomic E-state index is 12.1. The zero-order valence-corrected chi connectivity index (χ0v) is 12.7. The number of esters is 1. The van der Waals surface area contributed by atoms with Crippen LogP contribution in [0.15, 0.2) is 30.3 Å². The fourth-order valence-corrected chi connectivity index (χ4v) is 3.06. The third-order valence-corrected chi connectivity index (χ3v) is 4.14. The molecule has 0 aromatic heterocycles. The van der Waals surface area contributed by atoms with Crippen LogP contribution in [0.25, 0.3) is 0 Å². The smallest absolute Gasteiger partial charge is 0.310 e. The summed E-state index contributed by atoms with van der Waals surface area (Å²) in [6.45, 7) is 9.45. The third kappa shape index (κ3) is 3.60. The number of hydrogen-bond acceptors (Lipinski definition) is 3. The maximum atomic E-state index is 12.1. The molecule has 3 heteroatoms. The lowest BCUT2D eigenvalue weighted by atomic mass is 9.86. The van der Waals surface area contributed by atoms with E-state index in [1.807, 2.05) is 13.0 Å². The van der Waals surface area contributed by atoms with Gasteiger partial charge in [-0.25, -0.2) is 0 Å². The summed E-state index contributed by atoms with van der Waals surface area (Å²) in [5.41, 5.74) is 1.31. The molecule has 0 radical (unpaired) electrons. The SMILES string of the molecule is CCOC(=O)[C@H]1CN(Cc2ccccc2)CC1C(C)C. The minimum absolute atomic E-state index is 0.0261. The Hall–Kier alpha value is -1.35. The Labute approximate surface area is 121 Å². The van der Waals surface area contributed by atoms with Crippen LogP contribution in [0.2, 0.25) is 0 Å². The first kappa shape index (κ1) is 15.0. The Kier molecular flexibility index (Phi) is 5.18. The molecule has 0 spiro atoms. The summed E-state index contributed by atoms with van der Waals surface area (Å²) in [5.74, 6) is 0.906. The average Bonchev–Trinajstić information content (AvgIpc) is 2.84. The van der Waals surface area contributed by atoms with E-state index in [4.69, 9.17) is 4.74 Å². The van der Waals surface area contributed by atoms with E-state index in [0.717, 1.165) is 19.6 Å². The second-order valence-corrected chi connectivity index (χ2v) is 5.95. The predicted molar refractivity (Wildman–Crippen MR) is 80.2 cm³/mol. The van der Waals surface area contributed by atoms with Crippen LogP contribution in [0.4, 0.5) is 0 Å². The van der Waals surface area contributed by atoms with Crippen LogP contribution in [-0.2, 0) is 16.1 Å². The standard InChI is InChI=1S/C17H25NO2/c1-4-20-17(19)16-12-18(11-15(16)13(2)3)10-14-8-6-5-7-9-14/h5-9,13,15-16H,4,10-12H2,1-3H3/t15?,16-/m0/s1. The first-order chi connectivity index (χ1) is 9.61. The predicted octanol–water partition coefficient (Wildman–Crippen LogP) is 2.95. The minimum atomic E-state index is -0.0261. The quantitative estimate of drug-likeness (QED) is 0.774. The molecule has 1 aliphatic heterocycles. The molecule has 110 valence electrons. The normalized spacial score (nSPS) is 23.2. The average molecular weight is 275 g/mol. The number of rotatable bonds is 5. The molecule has 1 heterocycles. The summed E-state index contributed by atoms with van der Waals surface area (Å²) >= 11 is 0. The van der Waals surface area contributed by atoms with Gasteiger partial charge in [-0.3, -0.25) is 9.69 Å². The van der Waals surface area contributed by atoms with Crippen molar-refractivity contribution in [3.63, 3.8) is 0 Å². The van der Waals surface area contributed by atoms with Crippen molar-refractivity contribution < 1.29 is 9.53 Å². The Morgan fingerprint density at radius 1 is 1.30 bits per heavy atom. The lowest BCUT2D eigenvalue weighted by molar-refractivity contribution is -0.149. The second kappa shape index (κ2) is 6.89. The summed E-state index contributed by atoms with van der Waals surface area (Å²) in [4.78, 5) is 14.5. The highest BCUT2D eigenvalue weighted by Crippen LogP contribution is 2.31. The number of hydrogen-bond donors (Lipinski definition) is 0. The number of ether oxygens (including phenoxy) is 1. The first-order valence-electron chi connectivity index (χ1n) is 7.54. The zero-order chi connectivity index (χ0) is 14.5.